The number of hydrogen-bond donors (Lipinski definition) is 1. The Kier molecular flexibility index (Phi) is 3.21. The number of aromatic nitrogens is 3. The van der Waals surface area contributed by atoms with Gasteiger partial charge in [-0.2, -0.15) is 9.61 Å². The van der Waals surface area contributed by atoms with Crippen LogP contribution in [0.1, 0.15) is 30.3 Å². The molecule has 6 heteroatoms. The molecule has 0 fully saturated rings. The van der Waals surface area contributed by atoms with Crippen molar-refractivity contribution in [1.82, 2.24) is 14.6 Å². The van der Waals surface area contributed by atoms with Gasteiger partial charge in [0.15, 0.2) is 5.78 Å². The van der Waals surface area contributed by atoms with Crippen LogP contribution in [0.3, 0.4) is 0 Å². The number of carbonyl (C=O) groups is 1. The number of hydrogen-bond acceptors (Lipinski definition) is 5. The maximum atomic E-state index is 12.0. The second kappa shape index (κ2) is 5.05. The highest BCUT2D eigenvalue weighted by atomic mass is 16.5. The average Bonchev–Trinajstić information content (AvgIpc) is 2.93. The monoisotopic (exact) mass is 284 g/mol. The lowest BCUT2D eigenvalue weighted by molar-refractivity contribution is 0.0976. The highest BCUT2D eigenvalue weighted by molar-refractivity contribution is 6.01. The molecule has 2 N–H and O–H groups in total. The number of ether oxygens (including phenoxy) is 1. The second-order valence-corrected chi connectivity index (χ2v) is 4.83. The number of rotatable bonds is 4. The molecule has 3 aromatic rings. The van der Waals surface area contributed by atoms with Crippen LogP contribution >= 0.6 is 0 Å². The number of anilines is 1. The van der Waals surface area contributed by atoms with Crippen molar-refractivity contribution in [3.8, 4) is 5.75 Å². The van der Waals surface area contributed by atoms with Crippen molar-refractivity contribution in [2.45, 2.75) is 19.8 Å². The van der Waals surface area contributed by atoms with Crippen molar-refractivity contribution in [2.75, 3.05) is 12.8 Å². The molecule has 0 aliphatic heterocycles. The van der Waals surface area contributed by atoms with E-state index in [1.54, 1.807) is 13.2 Å². The minimum atomic E-state index is 0.0108. The van der Waals surface area contributed by atoms with Gasteiger partial charge in [0.05, 0.1) is 12.6 Å². The lowest BCUT2D eigenvalue weighted by Crippen LogP contribution is -2.04. The van der Waals surface area contributed by atoms with E-state index in [0.29, 0.717) is 23.4 Å². The smallest absolute Gasteiger partial charge is 0.222 e. The maximum absolute atomic E-state index is 12.0. The summed E-state index contributed by atoms with van der Waals surface area (Å²) in [4.78, 5) is 16.4. The third-order valence-electron chi connectivity index (χ3n) is 3.41. The summed E-state index contributed by atoms with van der Waals surface area (Å²) in [5, 5.41) is 5.13. The summed E-state index contributed by atoms with van der Waals surface area (Å²) in [5.74, 6) is 0.888. The van der Waals surface area contributed by atoms with E-state index in [1.165, 1.54) is 4.52 Å². The van der Waals surface area contributed by atoms with Gasteiger partial charge in [0.1, 0.15) is 17.0 Å². The Balaban J connectivity index is 2.31. The predicted octanol–water partition coefficient (Wildman–Crippen LogP) is 2.46. The summed E-state index contributed by atoms with van der Waals surface area (Å²) in [6.07, 6.45) is 1.26. The summed E-state index contributed by atoms with van der Waals surface area (Å²) in [5.41, 5.74) is 7.80. The Morgan fingerprint density at radius 2 is 2.24 bits per heavy atom. The van der Waals surface area contributed by atoms with Crippen LogP contribution in [-0.2, 0) is 0 Å². The number of benzene rings is 1. The largest absolute Gasteiger partial charge is 0.494 e. The van der Waals surface area contributed by atoms with Crippen LogP contribution in [0.15, 0.2) is 24.3 Å². The van der Waals surface area contributed by atoms with Gasteiger partial charge >= 0.3 is 0 Å². The van der Waals surface area contributed by atoms with Gasteiger partial charge in [-0.15, -0.1) is 0 Å². The fourth-order valence-electron chi connectivity index (χ4n) is 2.41. The second-order valence-electron chi connectivity index (χ2n) is 4.83. The highest BCUT2D eigenvalue weighted by Gasteiger charge is 2.15. The number of carbonyl (C=O) groups excluding carboxylic acids is 1. The SMILES string of the molecule is CCCC(=O)c1cc2c3cccc(OC)c3nc(N)n2n1. The van der Waals surface area contributed by atoms with Crippen molar-refractivity contribution < 1.29 is 9.53 Å². The molecular formula is C15H16N4O2. The van der Waals surface area contributed by atoms with Gasteiger partial charge < -0.3 is 10.5 Å². The van der Waals surface area contributed by atoms with Crippen molar-refractivity contribution >= 4 is 28.2 Å². The molecule has 1 aromatic carbocycles. The first-order valence-electron chi connectivity index (χ1n) is 6.81. The van der Waals surface area contributed by atoms with Crippen molar-refractivity contribution in [1.29, 1.82) is 0 Å². The van der Waals surface area contributed by atoms with Gasteiger partial charge in [-0.25, -0.2) is 4.98 Å². The fourth-order valence-corrected chi connectivity index (χ4v) is 2.41. The minimum absolute atomic E-state index is 0.0108. The fraction of sp³-hybridized carbons (Fsp3) is 0.267. The number of nitrogen functional groups attached to an aromatic ring is 1. The molecule has 0 unspecified atom stereocenters. The summed E-state index contributed by atoms with van der Waals surface area (Å²) >= 11 is 0. The van der Waals surface area contributed by atoms with Crippen molar-refractivity contribution in [3.05, 3.63) is 30.0 Å². The number of fused-ring (bicyclic) bond motifs is 3. The van der Waals surface area contributed by atoms with Gasteiger partial charge in [0.25, 0.3) is 0 Å². The number of nitrogens with two attached hydrogens (primary N) is 1. The molecule has 0 spiro atoms. The van der Waals surface area contributed by atoms with E-state index in [4.69, 9.17) is 10.5 Å². The molecular weight excluding hydrogens is 268 g/mol. The number of methoxy groups -OCH3 is 1. The summed E-state index contributed by atoms with van der Waals surface area (Å²) in [6.45, 7) is 1.96. The maximum Gasteiger partial charge on any atom is 0.222 e. The van der Waals surface area contributed by atoms with Gasteiger partial charge in [-0.1, -0.05) is 19.1 Å². The van der Waals surface area contributed by atoms with Gasteiger partial charge in [0.2, 0.25) is 5.95 Å². The first kappa shape index (κ1) is 13.4. The van der Waals surface area contributed by atoms with Crippen molar-refractivity contribution in [3.63, 3.8) is 0 Å². The molecule has 0 aliphatic rings. The molecule has 108 valence electrons. The standard InChI is InChI=1S/C15H16N4O2/c1-3-5-12(20)10-8-11-9-6-4-7-13(21-2)14(9)17-15(16)19(11)18-10/h4,6-8H,3,5H2,1-2H3,(H2,16,17). The van der Waals surface area contributed by atoms with E-state index >= 15 is 0 Å². The van der Waals surface area contributed by atoms with E-state index in [0.717, 1.165) is 17.3 Å². The lowest BCUT2D eigenvalue weighted by atomic mass is 10.1. The average molecular weight is 284 g/mol. The van der Waals surface area contributed by atoms with E-state index in [9.17, 15) is 4.79 Å². The molecule has 2 aromatic heterocycles. The summed E-state index contributed by atoms with van der Waals surface area (Å²) in [6, 6.07) is 7.37. The topological polar surface area (TPSA) is 82.5 Å². The van der Waals surface area contributed by atoms with E-state index in [-0.39, 0.29) is 11.7 Å². The molecule has 0 amide bonds. The zero-order valence-electron chi connectivity index (χ0n) is 12.0. The number of nitrogens with zero attached hydrogens (tertiary/aromatic N) is 3. The Morgan fingerprint density at radius 3 is 2.95 bits per heavy atom. The van der Waals surface area contributed by atoms with Crippen LogP contribution in [0.2, 0.25) is 0 Å². The zero-order chi connectivity index (χ0) is 15.0. The van der Waals surface area contributed by atoms with Crippen LogP contribution in [0.25, 0.3) is 16.4 Å². The Morgan fingerprint density at radius 1 is 1.43 bits per heavy atom. The van der Waals surface area contributed by atoms with E-state index < -0.39 is 0 Å². The summed E-state index contributed by atoms with van der Waals surface area (Å²) < 4.78 is 6.81. The molecule has 0 aliphatic carbocycles. The predicted molar refractivity (Wildman–Crippen MR) is 80.7 cm³/mol. The third kappa shape index (κ3) is 2.08. The van der Waals surface area contributed by atoms with Crippen molar-refractivity contribution in [2.24, 2.45) is 0 Å². The van der Waals surface area contributed by atoms with Gasteiger partial charge in [0, 0.05) is 11.8 Å². The van der Waals surface area contributed by atoms with Crippen LogP contribution in [-0.4, -0.2) is 27.5 Å². The van der Waals surface area contributed by atoms with Gasteiger partial charge in [-0.05, 0) is 18.6 Å². The molecule has 0 atom stereocenters. The Bertz CT molecular complexity index is 838. The highest BCUT2D eigenvalue weighted by Crippen LogP contribution is 2.28. The molecule has 2 heterocycles. The van der Waals surface area contributed by atoms with Gasteiger partial charge in [-0.3, -0.25) is 4.79 Å². The van der Waals surface area contributed by atoms with Crippen LogP contribution in [0.4, 0.5) is 5.95 Å². The minimum Gasteiger partial charge on any atom is -0.494 e. The molecule has 3 rings (SSSR count). The molecule has 0 bridgehead atoms. The number of Topliss-reactive ketones (excluding diaryl/α,β-unsaturated/α-hetero) is 1. The number of para-hydroxylation sites is 1. The lowest BCUT2D eigenvalue weighted by Gasteiger charge is -2.07. The Labute approximate surface area is 121 Å². The molecule has 0 saturated carbocycles. The summed E-state index contributed by atoms with van der Waals surface area (Å²) in [7, 11) is 1.59. The number of ketones is 1. The molecule has 0 radical (unpaired) electrons. The van der Waals surface area contributed by atoms with Crippen LogP contribution < -0.4 is 10.5 Å². The molecule has 6 nitrogen and oxygen atoms in total. The zero-order valence-corrected chi connectivity index (χ0v) is 12.0. The first-order chi connectivity index (χ1) is 10.2. The van der Waals surface area contributed by atoms with Crippen LogP contribution in [0, 0.1) is 0 Å². The normalized spacial score (nSPS) is 11.1. The van der Waals surface area contributed by atoms with E-state index in [2.05, 4.69) is 10.1 Å². The van der Waals surface area contributed by atoms with E-state index in [1.807, 2.05) is 25.1 Å². The molecule has 21 heavy (non-hydrogen) atoms. The quantitative estimate of drug-likeness (QED) is 0.744. The first-order valence-corrected chi connectivity index (χ1v) is 6.81. The molecule has 0 saturated heterocycles. The third-order valence-corrected chi connectivity index (χ3v) is 3.41. The Hall–Kier alpha value is -2.63. The van der Waals surface area contributed by atoms with Crippen LogP contribution in [0.5, 0.6) is 5.75 Å².